The summed E-state index contributed by atoms with van der Waals surface area (Å²) in [6, 6.07) is 9.71. The number of alkyl carbamates (subject to hydrolysis) is 1. The van der Waals surface area contributed by atoms with Crippen molar-refractivity contribution in [2.45, 2.75) is 137 Å². The Labute approximate surface area is 348 Å². The fraction of sp³-hybridized carbons (Fsp3) is 0.700. The zero-order valence-electron chi connectivity index (χ0n) is 36.3. The maximum atomic E-state index is 13.6. The van der Waals surface area contributed by atoms with Crippen molar-refractivity contribution in [2.24, 2.45) is 46.3 Å². The minimum Gasteiger partial charge on any atom is -0.446 e. The average molecular weight is 794 g/mol. The molecule has 0 bridgehead atoms. The molecular weight excluding hydrogens is 723 g/mol. The summed E-state index contributed by atoms with van der Waals surface area (Å²) in [5, 5.41) is 4.74. The van der Waals surface area contributed by atoms with Gasteiger partial charge in [-0.1, -0.05) is 90.5 Å². The fourth-order valence-electron chi connectivity index (χ4n) is 13.3. The van der Waals surface area contributed by atoms with E-state index in [1.54, 1.807) is 5.57 Å². The molecule has 8 rings (SSSR count). The molecule has 58 heavy (non-hydrogen) atoms. The van der Waals surface area contributed by atoms with Crippen molar-refractivity contribution in [3.8, 4) is 0 Å². The number of unbranched alkanes of at least 4 members (excludes halogenated alkanes) is 3. The van der Waals surface area contributed by atoms with Gasteiger partial charge in [0, 0.05) is 60.2 Å². The van der Waals surface area contributed by atoms with Gasteiger partial charge in [-0.3, -0.25) is 14.5 Å². The SMILES string of the molecule is CC(C)CCC[C@@H](C)[C@H]1CC[C@H]2[C@@H]3CC=C4C[C@@H](OC(=O)NCCCCCCN5C(=O)c6cccc7c(N8CCOCC8)ccc(c67)C5=O)CC[C@]4(C)[C@H]3CC[C@]12C. The predicted molar refractivity (Wildman–Crippen MR) is 232 cm³/mol. The zero-order chi connectivity index (χ0) is 40.6. The van der Waals surface area contributed by atoms with Crippen molar-refractivity contribution < 1.29 is 23.9 Å². The number of nitrogens with one attached hydrogen (secondary N) is 1. The van der Waals surface area contributed by atoms with Gasteiger partial charge in [0.25, 0.3) is 11.8 Å². The highest BCUT2D eigenvalue weighted by Gasteiger charge is 2.59. The van der Waals surface area contributed by atoms with Crippen LogP contribution in [0.25, 0.3) is 10.8 Å². The number of imide groups is 1. The number of amides is 3. The van der Waals surface area contributed by atoms with Gasteiger partial charge in [-0.25, -0.2) is 4.79 Å². The minimum atomic E-state index is -0.301. The molecule has 2 aromatic rings. The summed E-state index contributed by atoms with van der Waals surface area (Å²) in [5.74, 6) is 4.54. The number of ether oxygens (including phenoxy) is 2. The van der Waals surface area contributed by atoms with Gasteiger partial charge in [0.05, 0.1) is 13.2 Å². The molecule has 3 amide bonds. The summed E-state index contributed by atoms with van der Waals surface area (Å²) in [5.41, 5.74) is 4.57. The molecule has 3 saturated carbocycles. The topological polar surface area (TPSA) is 88.2 Å². The lowest BCUT2D eigenvalue weighted by molar-refractivity contribution is -0.0581. The number of nitrogens with zero attached hydrogens (tertiary/aromatic N) is 2. The molecule has 2 heterocycles. The lowest BCUT2D eigenvalue weighted by Crippen LogP contribution is -2.51. The third-order valence-corrected chi connectivity index (χ3v) is 16.4. The Morgan fingerprint density at radius 3 is 2.45 bits per heavy atom. The Hall–Kier alpha value is -3.39. The van der Waals surface area contributed by atoms with Crippen molar-refractivity contribution in [3.05, 3.63) is 53.1 Å². The Kier molecular flexibility index (Phi) is 12.3. The van der Waals surface area contributed by atoms with Gasteiger partial charge in [-0.15, -0.1) is 0 Å². The Morgan fingerprint density at radius 2 is 1.66 bits per heavy atom. The molecule has 0 unspecified atom stereocenters. The highest BCUT2D eigenvalue weighted by molar-refractivity contribution is 6.26. The summed E-state index contributed by atoms with van der Waals surface area (Å²) in [7, 11) is 0. The smallest absolute Gasteiger partial charge is 0.407 e. The van der Waals surface area contributed by atoms with Gasteiger partial charge in [-0.2, -0.15) is 0 Å². The van der Waals surface area contributed by atoms with E-state index in [2.05, 4.69) is 50.9 Å². The standard InChI is InChI=1S/C50H71N3O5/c1-33(2)12-10-13-34(3)41-19-20-42-37-17-16-35-32-36(22-24-49(35,4)43(37)23-25-50(41,42)5)58-48(56)51-26-8-6-7-9-27-53-46(54)39-15-11-14-38-44(52-28-30-57-31-29-52)21-18-40(45(38)39)47(53)55/h11,14-16,18,21,33-34,36-37,41-43H,6-10,12-13,17,19-20,22-32H2,1-5H3,(H,51,56)/t34-,36+,37+,41-,42+,43+,49+,50-/m1/s1. The third kappa shape index (κ3) is 7.85. The number of hydrogen-bond acceptors (Lipinski definition) is 6. The number of morpholine rings is 1. The Balaban J connectivity index is 0.762. The van der Waals surface area contributed by atoms with Gasteiger partial charge in [0.15, 0.2) is 0 Å². The molecule has 1 N–H and O–H groups in total. The molecule has 6 aliphatic rings. The van der Waals surface area contributed by atoms with Crippen LogP contribution < -0.4 is 10.2 Å². The molecule has 2 aromatic carbocycles. The minimum absolute atomic E-state index is 0.0474. The molecule has 0 spiro atoms. The van der Waals surface area contributed by atoms with E-state index in [0.29, 0.717) is 42.8 Å². The molecule has 0 radical (unpaired) electrons. The Bertz CT molecular complexity index is 1840. The number of anilines is 1. The van der Waals surface area contributed by atoms with E-state index >= 15 is 0 Å². The van der Waals surface area contributed by atoms with Crippen LogP contribution in [0, 0.1) is 46.3 Å². The first-order chi connectivity index (χ1) is 28.0. The third-order valence-electron chi connectivity index (χ3n) is 16.4. The van der Waals surface area contributed by atoms with E-state index in [0.717, 1.165) is 110 Å². The monoisotopic (exact) mass is 794 g/mol. The van der Waals surface area contributed by atoms with Crippen molar-refractivity contribution in [2.75, 3.05) is 44.3 Å². The second-order valence-electron chi connectivity index (χ2n) is 20.1. The number of hydrogen-bond donors (Lipinski definition) is 1. The number of fused-ring (bicyclic) bond motifs is 5. The van der Waals surface area contributed by atoms with Crippen molar-refractivity contribution in [3.63, 3.8) is 0 Å². The highest BCUT2D eigenvalue weighted by Crippen LogP contribution is 2.67. The number of allylic oxidation sites excluding steroid dienone is 1. The largest absolute Gasteiger partial charge is 0.446 e. The molecular formula is C50H71N3O5. The molecule has 4 aliphatic carbocycles. The maximum absolute atomic E-state index is 13.6. The molecule has 1 saturated heterocycles. The van der Waals surface area contributed by atoms with Gasteiger partial charge in [0.2, 0.25) is 0 Å². The summed E-state index contributed by atoms with van der Waals surface area (Å²) < 4.78 is 11.6. The molecule has 316 valence electrons. The van der Waals surface area contributed by atoms with Gasteiger partial charge in [0.1, 0.15) is 6.10 Å². The quantitative estimate of drug-likeness (QED) is 0.116. The van der Waals surface area contributed by atoms with Crippen LogP contribution in [0.3, 0.4) is 0 Å². The van der Waals surface area contributed by atoms with Crippen LogP contribution in [0.2, 0.25) is 0 Å². The average Bonchev–Trinajstić information content (AvgIpc) is 3.58. The van der Waals surface area contributed by atoms with E-state index in [1.165, 1.54) is 56.3 Å². The van der Waals surface area contributed by atoms with Crippen molar-refractivity contribution in [1.29, 1.82) is 0 Å². The predicted octanol–water partition coefficient (Wildman–Crippen LogP) is 11.0. The van der Waals surface area contributed by atoms with Crippen LogP contribution >= 0.6 is 0 Å². The summed E-state index contributed by atoms with van der Waals surface area (Å²) >= 11 is 0. The molecule has 8 heteroatoms. The Morgan fingerprint density at radius 1 is 0.879 bits per heavy atom. The van der Waals surface area contributed by atoms with Gasteiger partial charge < -0.3 is 19.7 Å². The van der Waals surface area contributed by atoms with E-state index in [4.69, 9.17) is 9.47 Å². The van der Waals surface area contributed by atoms with E-state index in [-0.39, 0.29) is 29.4 Å². The van der Waals surface area contributed by atoms with E-state index < -0.39 is 0 Å². The van der Waals surface area contributed by atoms with Crippen LogP contribution in [0.5, 0.6) is 0 Å². The zero-order valence-corrected chi connectivity index (χ0v) is 36.3. The molecule has 8 nitrogen and oxygen atoms in total. The second-order valence-corrected chi connectivity index (χ2v) is 20.1. The fourth-order valence-corrected chi connectivity index (χ4v) is 13.3. The van der Waals surface area contributed by atoms with Crippen molar-refractivity contribution >= 4 is 34.4 Å². The normalized spacial score (nSPS) is 31.1. The first-order valence-electron chi connectivity index (χ1n) is 23.4. The summed E-state index contributed by atoms with van der Waals surface area (Å²) in [4.78, 5) is 43.8. The second kappa shape index (κ2) is 17.3. The van der Waals surface area contributed by atoms with Gasteiger partial charge in [-0.05, 0) is 122 Å². The van der Waals surface area contributed by atoms with E-state index in [1.807, 2.05) is 30.3 Å². The summed E-state index contributed by atoms with van der Waals surface area (Å²) in [6.07, 6.45) is 19.5. The number of carbonyl (C=O) groups is 3. The molecule has 4 fully saturated rings. The number of carbonyl (C=O) groups excluding carboxylic acids is 3. The van der Waals surface area contributed by atoms with E-state index in [9.17, 15) is 14.4 Å². The van der Waals surface area contributed by atoms with Crippen molar-refractivity contribution in [1.82, 2.24) is 10.2 Å². The molecule has 8 atom stereocenters. The van der Waals surface area contributed by atoms with Gasteiger partial charge >= 0.3 is 6.09 Å². The first kappa shape index (κ1) is 41.3. The number of benzene rings is 2. The van der Waals surface area contributed by atoms with Crippen LogP contribution in [-0.4, -0.2) is 68.3 Å². The summed E-state index contributed by atoms with van der Waals surface area (Å²) in [6.45, 7) is 16.4. The highest BCUT2D eigenvalue weighted by atomic mass is 16.6. The molecule has 0 aromatic heterocycles. The lowest BCUT2D eigenvalue weighted by Gasteiger charge is -2.58. The maximum Gasteiger partial charge on any atom is 0.407 e. The number of rotatable bonds is 14. The van der Waals surface area contributed by atoms with Crippen LogP contribution in [0.1, 0.15) is 152 Å². The lowest BCUT2D eigenvalue weighted by atomic mass is 9.47. The van der Waals surface area contributed by atoms with Crippen LogP contribution in [0.4, 0.5) is 10.5 Å². The van der Waals surface area contributed by atoms with Crippen LogP contribution in [0.15, 0.2) is 42.0 Å². The molecule has 2 aliphatic heterocycles. The van der Waals surface area contributed by atoms with Crippen LogP contribution in [-0.2, 0) is 9.47 Å². The first-order valence-corrected chi connectivity index (χ1v) is 23.4.